The van der Waals surface area contributed by atoms with Crippen molar-refractivity contribution in [3.63, 3.8) is 0 Å². The number of rotatable bonds is 4. The molecule has 1 aromatic carbocycles. The monoisotopic (exact) mass is 427 g/mol. The third-order valence-electron chi connectivity index (χ3n) is 6.84. The van der Waals surface area contributed by atoms with Crippen LogP contribution in [0.3, 0.4) is 0 Å². The van der Waals surface area contributed by atoms with Gasteiger partial charge in [0.1, 0.15) is 5.65 Å². The zero-order valence-corrected chi connectivity index (χ0v) is 17.8. The number of aromatic nitrogens is 5. The Bertz CT molecular complexity index is 1290. The van der Waals surface area contributed by atoms with Crippen molar-refractivity contribution in [1.82, 2.24) is 30.0 Å². The summed E-state index contributed by atoms with van der Waals surface area (Å²) in [7, 11) is 0. The summed E-state index contributed by atoms with van der Waals surface area (Å²) in [6.07, 6.45) is 11.5. The number of likely N-dealkylation sites (tertiary alicyclic amines) is 1. The molecule has 0 radical (unpaired) electrons. The first-order valence-electron chi connectivity index (χ1n) is 11.4. The Morgan fingerprint density at radius 3 is 2.88 bits per heavy atom. The minimum absolute atomic E-state index is 0.331. The molecule has 2 N–H and O–H groups in total. The van der Waals surface area contributed by atoms with Gasteiger partial charge in [0.25, 0.3) is 0 Å². The summed E-state index contributed by atoms with van der Waals surface area (Å²) in [6.45, 7) is 0.932. The maximum absolute atomic E-state index is 12.0. The van der Waals surface area contributed by atoms with Gasteiger partial charge in [0.15, 0.2) is 0 Å². The molecule has 3 aromatic heterocycles. The Morgan fingerprint density at radius 2 is 2.03 bits per heavy atom. The van der Waals surface area contributed by atoms with Crippen molar-refractivity contribution in [3.8, 4) is 11.1 Å². The molecule has 1 saturated heterocycles. The Labute approximate surface area is 185 Å². The van der Waals surface area contributed by atoms with Gasteiger partial charge >= 0.3 is 0 Å². The minimum Gasteiger partial charge on any atom is -0.351 e. The molecule has 1 aliphatic heterocycles. The molecule has 1 saturated carbocycles. The normalized spacial score (nSPS) is 21.5. The maximum Gasteiger partial charge on any atom is 0.224 e. The van der Waals surface area contributed by atoms with Crippen LogP contribution in [0.15, 0.2) is 42.9 Å². The van der Waals surface area contributed by atoms with Crippen LogP contribution in [0.1, 0.15) is 38.5 Å². The first-order valence-corrected chi connectivity index (χ1v) is 11.4. The zero-order chi connectivity index (χ0) is 21.5. The average Bonchev–Trinajstić information content (AvgIpc) is 3.45. The van der Waals surface area contributed by atoms with Crippen LogP contribution >= 0.6 is 0 Å². The standard InChI is InChI=1S/C24H25N7O/c32-22-2-1-11-31(22)18-6-4-17(5-7-18)28-24-26-14-20-19(13-25-23(20)29-24)15-3-8-21-16(12-15)9-10-27-30-21/h3,8-10,12-14,17-18H,1-2,4-7,11H2,(H2,25,26,28,29)/t17-,18+. The molecule has 4 aromatic rings. The molecule has 1 amide bonds. The largest absolute Gasteiger partial charge is 0.351 e. The van der Waals surface area contributed by atoms with E-state index in [-0.39, 0.29) is 0 Å². The second-order valence-electron chi connectivity index (χ2n) is 8.80. The Kier molecular flexibility index (Phi) is 4.70. The summed E-state index contributed by atoms with van der Waals surface area (Å²) < 4.78 is 0. The van der Waals surface area contributed by atoms with E-state index < -0.39 is 0 Å². The van der Waals surface area contributed by atoms with Crippen LogP contribution in [0.2, 0.25) is 0 Å². The average molecular weight is 428 g/mol. The number of carbonyl (C=O) groups is 1. The van der Waals surface area contributed by atoms with Gasteiger partial charge in [0, 0.05) is 53.8 Å². The molecule has 2 fully saturated rings. The summed E-state index contributed by atoms with van der Waals surface area (Å²) >= 11 is 0. The second kappa shape index (κ2) is 7.85. The Morgan fingerprint density at radius 1 is 1.12 bits per heavy atom. The van der Waals surface area contributed by atoms with Gasteiger partial charge in [-0.3, -0.25) is 4.79 Å². The van der Waals surface area contributed by atoms with E-state index in [9.17, 15) is 4.79 Å². The quantitative estimate of drug-likeness (QED) is 0.512. The van der Waals surface area contributed by atoms with Crippen LogP contribution in [0, 0.1) is 0 Å². The number of nitrogens with one attached hydrogen (secondary N) is 2. The van der Waals surface area contributed by atoms with Gasteiger partial charge in [0.2, 0.25) is 11.9 Å². The molecule has 32 heavy (non-hydrogen) atoms. The predicted octanol–water partition coefficient (Wildman–Crippen LogP) is 3.91. The van der Waals surface area contributed by atoms with Gasteiger partial charge in [0.05, 0.1) is 11.7 Å². The van der Waals surface area contributed by atoms with Crippen molar-refractivity contribution in [3.05, 3.63) is 42.9 Å². The third kappa shape index (κ3) is 3.45. The molecule has 6 rings (SSSR count). The van der Waals surface area contributed by atoms with Gasteiger partial charge in [-0.15, -0.1) is 0 Å². The van der Waals surface area contributed by atoms with Gasteiger partial charge in [-0.2, -0.15) is 15.2 Å². The zero-order valence-electron chi connectivity index (χ0n) is 17.8. The maximum atomic E-state index is 12.0. The molecule has 1 aliphatic carbocycles. The van der Waals surface area contributed by atoms with Crippen molar-refractivity contribution in [1.29, 1.82) is 0 Å². The molecular weight excluding hydrogens is 402 g/mol. The van der Waals surface area contributed by atoms with Crippen molar-refractivity contribution in [2.45, 2.75) is 50.6 Å². The van der Waals surface area contributed by atoms with Gasteiger partial charge in [-0.25, -0.2) is 4.98 Å². The number of benzene rings is 1. The Balaban J connectivity index is 1.17. The topological polar surface area (TPSA) is 99.7 Å². The van der Waals surface area contributed by atoms with E-state index in [1.54, 1.807) is 6.20 Å². The summed E-state index contributed by atoms with van der Waals surface area (Å²) in [5, 5.41) is 13.6. The van der Waals surface area contributed by atoms with Crippen LogP contribution < -0.4 is 5.32 Å². The van der Waals surface area contributed by atoms with Crippen molar-refractivity contribution in [2.75, 3.05) is 11.9 Å². The predicted molar refractivity (Wildman–Crippen MR) is 123 cm³/mol. The molecule has 4 heterocycles. The molecule has 8 nitrogen and oxygen atoms in total. The van der Waals surface area contributed by atoms with Crippen LogP contribution in [0.5, 0.6) is 0 Å². The molecule has 162 valence electrons. The van der Waals surface area contributed by atoms with Crippen molar-refractivity contribution < 1.29 is 4.79 Å². The first kappa shape index (κ1) is 19.2. The summed E-state index contributed by atoms with van der Waals surface area (Å²) in [5.74, 6) is 0.984. The van der Waals surface area contributed by atoms with Crippen molar-refractivity contribution in [2.24, 2.45) is 0 Å². The lowest BCUT2D eigenvalue weighted by Gasteiger charge is -2.34. The number of H-pyrrole nitrogens is 1. The SMILES string of the molecule is O=C1CCCN1[C@H]1CC[C@@H](Nc2ncc3c(-c4ccc5nnccc5c4)c[nH]c3n2)CC1. The van der Waals surface area contributed by atoms with Crippen LogP contribution in [0.4, 0.5) is 5.95 Å². The summed E-state index contributed by atoms with van der Waals surface area (Å²) in [6, 6.07) is 8.87. The number of hydrogen-bond acceptors (Lipinski definition) is 6. The number of anilines is 1. The molecule has 2 aliphatic rings. The molecule has 0 unspecified atom stereocenters. The lowest BCUT2D eigenvalue weighted by molar-refractivity contribution is -0.130. The fraction of sp³-hybridized carbons (Fsp3) is 0.375. The minimum atomic E-state index is 0.331. The van der Waals surface area contributed by atoms with Crippen LogP contribution in [-0.2, 0) is 4.79 Å². The number of nitrogens with zero attached hydrogens (tertiary/aromatic N) is 5. The lowest BCUT2D eigenvalue weighted by Crippen LogP contribution is -2.41. The second-order valence-corrected chi connectivity index (χ2v) is 8.80. The molecule has 0 spiro atoms. The Hall–Kier alpha value is -3.55. The number of carbonyl (C=O) groups excluding carboxylic acids is 1. The van der Waals surface area contributed by atoms with E-state index in [1.165, 1.54) is 0 Å². The van der Waals surface area contributed by atoms with E-state index in [1.807, 2.05) is 24.5 Å². The van der Waals surface area contributed by atoms with E-state index in [2.05, 4.69) is 42.5 Å². The van der Waals surface area contributed by atoms with E-state index in [0.29, 0.717) is 23.9 Å². The van der Waals surface area contributed by atoms with Gasteiger partial charge in [-0.05, 0) is 55.9 Å². The van der Waals surface area contributed by atoms with E-state index in [0.717, 1.165) is 78.1 Å². The van der Waals surface area contributed by atoms with Gasteiger partial charge in [-0.1, -0.05) is 6.07 Å². The fourth-order valence-electron chi connectivity index (χ4n) is 5.14. The number of hydrogen-bond donors (Lipinski definition) is 2. The molecule has 0 atom stereocenters. The highest BCUT2D eigenvalue weighted by atomic mass is 16.2. The first-order chi connectivity index (χ1) is 15.7. The van der Waals surface area contributed by atoms with E-state index in [4.69, 9.17) is 4.98 Å². The number of amides is 1. The fourth-order valence-corrected chi connectivity index (χ4v) is 5.14. The van der Waals surface area contributed by atoms with E-state index >= 15 is 0 Å². The molecule has 0 bridgehead atoms. The van der Waals surface area contributed by atoms with Crippen molar-refractivity contribution >= 4 is 33.8 Å². The summed E-state index contributed by atoms with van der Waals surface area (Å²) in [5.41, 5.74) is 3.86. The highest BCUT2D eigenvalue weighted by Crippen LogP contribution is 2.31. The molecule has 8 heteroatoms. The van der Waals surface area contributed by atoms with Crippen LogP contribution in [-0.4, -0.2) is 54.6 Å². The van der Waals surface area contributed by atoms with Crippen LogP contribution in [0.25, 0.3) is 33.1 Å². The smallest absolute Gasteiger partial charge is 0.224 e. The third-order valence-corrected chi connectivity index (χ3v) is 6.84. The highest BCUT2D eigenvalue weighted by Gasteiger charge is 2.31. The van der Waals surface area contributed by atoms with Gasteiger partial charge < -0.3 is 15.2 Å². The summed E-state index contributed by atoms with van der Waals surface area (Å²) in [4.78, 5) is 26.7. The number of fused-ring (bicyclic) bond motifs is 2. The number of aromatic amines is 1. The lowest BCUT2D eigenvalue weighted by atomic mass is 9.90. The molecular formula is C24H25N7O. The highest BCUT2D eigenvalue weighted by molar-refractivity contribution is 5.96.